The Morgan fingerprint density at radius 2 is 1.90 bits per heavy atom. The molecule has 0 spiro atoms. The van der Waals surface area contributed by atoms with Crippen molar-refractivity contribution in [3.05, 3.63) is 34.9 Å². The summed E-state index contributed by atoms with van der Waals surface area (Å²) >= 11 is 5.81. The molecule has 0 radical (unpaired) electrons. The molecule has 4 heteroatoms. The lowest BCUT2D eigenvalue weighted by Gasteiger charge is -2.06. The van der Waals surface area contributed by atoms with Crippen LogP contribution in [0.1, 0.15) is 38.2 Å². The van der Waals surface area contributed by atoms with Crippen LogP contribution in [-0.4, -0.2) is 25.7 Å². The molecule has 0 saturated heterocycles. The van der Waals surface area contributed by atoms with Crippen molar-refractivity contribution in [3.8, 4) is 0 Å². The number of hydrogen-bond acceptors (Lipinski definition) is 2. The summed E-state index contributed by atoms with van der Waals surface area (Å²) in [6.45, 7) is 4.37. The highest BCUT2D eigenvalue weighted by molar-refractivity contribution is 6.30. The van der Waals surface area contributed by atoms with Gasteiger partial charge in [-0.25, -0.2) is 0 Å². The molecule has 0 aliphatic carbocycles. The molecule has 0 aliphatic heterocycles. The summed E-state index contributed by atoms with van der Waals surface area (Å²) in [5.74, 6) is 0.0912. The van der Waals surface area contributed by atoms with Crippen LogP contribution in [0.4, 0.5) is 0 Å². The first kappa shape index (κ1) is 17.0. The second-order valence-electron chi connectivity index (χ2n) is 4.80. The molecule has 1 aromatic carbocycles. The summed E-state index contributed by atoms with van der Waals surface area (Å²) in [6, 6.07) is 7.61. The maximum Gasteiger partial charge on any atom is 0.220 e. The molecule has 1 rings (SSSR count). The van der Waals surface area contributed by atoms with Gasteiger partial charge in [-0.3, -0.25) is 4.79 Å². The van der Waals surface area contributed by atoms with Crippen LogP contribution >= 0.6 is 11.6 Å². The zero-order valence-corrected chi connectivity index (χ0v) is 12.9. The third kappa shape index (κ3) is 8.18. The number of carbonyl (C=O) groups is 1. The Balaban J connectivity index is 2.01. The topological polar surface area (TPSA) is 38.3 Å². The summed E-state index contributed by atoms with van der Waals surface area (Å²) in [6.07, 6.45) is 4.39. The number of amides is 1. The van der Waals surface area contributed by atoms with Crippen molar-refractivity contribution in [2.75, 3.05) is 19.8 Å². The largest absolute Gasteiger partial charge is 0.381 e. The molecule has 112 valence electrons. The van der Waals surface area contributed by atoms with E-state index < -0.39 is 0 Å². The van der Waals surface area contributed by atoms with E-state index in [1.165, 1.54) is 0 Å². The van der Waals surface area contributed by atoms with Gasteiger partial charge >= 0.3 is 0 Å². The summed E-state index contributed by atoms with van der Waals surface area (Å²) in [7, 11) is 0. The molecule has 1 amide bonds. The van der Waals surface area contributed by atoms with Crippen LogP contribution in [0.3, 0.4) is 0 Å². The van der Waals surface area contributed by atoms with Gasteiger partial charge in [-0.1, -0.05) is 37.1 Å². The van der Waals surface area contributed by atoms with Crippen molar-refractivity contribution in [2.24, 2.45) is 0 Å². The highest BCUT2D eigenvalue weighted by atomic mass is 35.5. The van der Waals surface area contributed by atoms with E-state index in [0.29, 0.717) is 13.0 Å². The number of aryl methyl sites for hydroxylation is 1. The average molecular weight is 298 g/mol. The van der Waals surface area contributed by atoms with Crippen molar-refractivity contribution < 1.29 is 9.53 Å². The Morgan fingerprint density at radius 1 is 1.20 bits per heavy atom. The molecule has 0 saturated carbocycles. The first-order chi connectivity index (χ1) is 9.72. The molecule has 20 heavy (non-hydrogen) atoms. The van der Waals surface area contributed by atoms with Crippen molar-refractivity contribution in [1.29, 1.82) is 0 Å². The van der Waals surface area contributed by atoms with Crippen molar-refractivity contribution in [2.45, 2.75) is 39.0 Å². The second-order valence-corrected chi connectivity index (χ2v) is 5.23. The molecule has 0 aromatic heterocycles. The number of carbonyl (C=O) groups excluding carboxylic acids is 1. The minimum atomic E-state index is 0.0912. The quantitative estimate of drug-likeness (QED) is 0.670. The first-order valence-electron chi connectivity index (χ1n) is 7.31. The molecule has 0 bridgehead atoms. The van der Waals surface area contributed by atoms with Crippen molar-refractivity contribution >= 4 is 17.5 Å². The SMILES string of the molecule is CCCCOCCCNC(=O)CCc1ccc(Cl)cc1. The Labute approximate surface area is 126 Å². The van der Waals surface area contributed by atoms with Crippen LogP contribution in [0.2, 0.25) is 5.02 Å². The fourth-order valence-electron chi connectivity index (χ4n) is 1.75. The highest BCUT2D eigenvalue weighted by Gasteiger charge is 2.01. The molecule has 3 nitrogen and oxygen atoms in total. The number of nitrogens with one attached hydrogen (secondary N) is 1. The van der Waals surface area contributed by atoms with Gasteiger partial charge in [0.05, 0.1) is 0 Å². The van der Waals surface area contributed by atoms with Gasteiger partial charge in [0.15, 0.2) is 0 Å². The van der Waals surface area contributed by atoms with Gasteiger partial charge in [-0.2, -0.15) is 0 Å². The smallest absolute Gasteiger partial charge is 0.220 e. The van der Waals surface area contributed by atoms with Gasteiger partial charge < -0.3 is 10.1 Å². The van der Waals surface area contributed by atoms with Gasteiger partial charge in [0.1, 0.15) is 0 Å². The minimum Gasteiger partial charge on any atom is -0.381 e. The molecule has 0 unspecified atom stereocenters. The fraction of sp³-hybridized carbons (Fsp3) is 0.562. The normalized spacial score (nSPS) is 10.5. The Kier molecular flexibility index (Phi) is 9.09. The summed E-state index contributed by atoms with van der Waals surface area (Å²) < 4.78 is 5.43. The van der Waals surface area contributed by atoms with Crippen LogP contribution in [0.15, 0.2) is 24.3 Å². The van der Waals surface area contributed by atoms with E-state index in [2.05, 4.69) is 12.2 Å². The van der Waals surface area contributed by atoms with E-state index in [0.717, 1.165) is 49.5 Å². The van der Waals surface area contributed by atoms with Crippen LogP contribution in [0, 0.1) is 0 Å². The zero-order chi connectivity index (χ0) is 14.6. The van der Waals surface area contributed by atoms with Crippen LogP contribution in [0.25, 0.3) is 0 Å². The van der Waals surface area contributed by atoms with E-state index in [1.807, 2.05) is 24.3 Å². The van der Waals surface area contributed by atoms with Crippen LogP contribution in [0.5, 0.6) is 0 Å². The van der Waals surface area contributed by atoms with Crippen molar-refractivity contribution in [1.82, 2.24) is 5.32 Å². The number of ether oxygens (including phenoxy) is 1. The maximum atomic E-state index is 11.6. The molecule has 1 aromatic rings. The number of hydrogen-bond donors (Lipinski definition) is 1. The molecular formula is C16H24ClNO2. The molecule has 0 atom stereocenters. The van der Waals surface area contributed by atoms with Gasteiger partial charge in [0, 0.05) is 31.2 Å². The van der Waals surface area contributed by atoms with E-state index in [1.54, 1.807) is 0 Å². The number of unbranched alkanes of at least 4 members (excludes halogenated alkanes) is 1. The lowest BCUT2D eigenvalue weighted by Crippen LogP contribution is -2.25. The maximum absolute atomic E-state index is 11.6. The van der Waals surface area contributed by atoms with E-state index in [9.17, 15) is 4.79 Å². The Morgan fingerprint density at radius 3 is 2.60 bits per heavy atom. The Hall–Kier alpha value is -1.06. The highest BCUT2D eigenvalue weighted by Crippen LogP contribution is 2.10. The van der Waals surface area contributed by atoms with Gasteiger partial charge in [-0.15, -0.1) is 0 Å². The third-order valence-electron chi connectivity index (χ3n) is 2.98. The lowest BCUT2D eigenvalue weighted by molar-refractivity contribution is -0.121. The Bertz CT molecular complexity index is 379. The van der Waals surface area contributed by atoms with Crippen LogP contribution in [-0.2, 0) is 16.0 Å². The second kappa shape index (κ2) is 10.7. The molecule has 1 N–H and O–H groups in total. The monoisotopic (exact) mass is 297 g/mol. The van der Waals surface area contributed by atoms with Crippen molar-refractivity contribution in [3.63, 3.8) is 0 Å². The first-order valence-corrected chi connectivity index (χ1v) is 7.69. The number of benzene rings is 1. The van der Waals surface area contributed by atoms with E-state index >= 15 is 0 Å². The molecular weight excluding hydrogens is 274 g/mol. The lowest BCUT2D eigenvalue weighted by atomic mass is 10.1. The molecule has 0 fully saturated rings. The summed E-state index contributed by atoms with van der Waals surface area (Å²) in [4.78, 5) is 11.6. The van der Waals surface area contributed by atoms with Gasteiger partial charge in [-0.05, 0) is 37.0 Å². The van der Waals surface area contributed by atoms with Gasteiger partial charge in [0.25, 0.3) is 0 Å². The van der Waals surface area contributed by atoms with Crippen LogP contribution < -0.4 is 5.32 Å². The average Bonchev–Trinajstić information content (AvgIpc) is 2.46. The number of rotatable bonds is 10. The summed E-state index contributed by atoms with van der Waals surface area (Å²) in [5.41, 5.74) is 1.13. The summed E-state index contributed by atoms with van der Waals surface area (Å²) in [5, 5.41) is 3.63. The minimum absolute atomic E-state index is 0.0912. The third-order valence-corrected chi connectivity index (χ3v) is 3.24. The van der Waals surface area contributed by atoms with E-state index in [-0.39, 0.29) is 5.91 Å². The molecule has 0 aliphatic rings. The van der Waals surface area contributed by atoms with Gasteiger partial charge in [0.2, 0.25) is 5.91 Å². The molecule has 0 heterocycles. The number of halogens is 1. The fourth-order valence-corrected chi connectivity index (χ4v) is 1.87. The van der Waals surface area contributed by atoms with E-state index in [4.69, 9.17) is 16.3 Å². The predicted molar refractivity (Wildman–Crippen MR) is 83.1 cm³/mol. The predicted octanol–water partition coefficient (Wildman–Crippen LogP) is 3.60. The zero-order valence-electron chi connectivity index (χ0n) is 12.2. The standard InChI is InChI=1S/C16H24ClNO2/c1-2-3-12-20-13-4-11-18-16(19)10-7-14-5-8-15(17)9-6-14/h5-6,8-9H,2-4,7,10-13H2,1H3,(H,18,19).